The number of primary amides is 1. The molecule has 0 unspecified atom stereocenters. The quantitative estimate of drug-likeness (QED) is 0.771. The molecule has 0 saturated heterocycles. The lowest BCUT2D eigenvalue weighted by Crippen LogP contribution is -2.13. The van der Waals surface area contributed by atoms with Gasteiger partial charge in [0.2, 0.25) is 0 Å². The van der Waals surface area contributed by atoms with Crippen molar-refractivity contribution in [2.75, 3.05) is 0 Å². The van der Waals surface area contributed by atoms with Crippen LogP contribution in [-0.4, -0.2) is 20.9 Å². The molecule has 2 heterocycles. The van der Waals surface area contributed by atoms with Gasteiger partial charge < -0.3 is 5.73 Å². The van der Waals surface area contributed by atoms with Crippen LogP contribution in [0.5, 0.6) is 0 Å². The molecule has 15 heavy (non-hydrogen) atoms. The van der Waals surface area contributed by atoms with Gasteiger partial charge in [-0.1, -0.05) is 0 Å². The van der Waals surface area contributed by atoms with E-state index < -0.39 is 5.91 Å². The topological polar surface area (TPSA) is 81.8 Å². The fourth-order valence-corrected chi connectivity index (χ4v) is 1.20. The molecule has 0 fully saturated rings. The second-order valence-corrected chi connectivity index (χ2v) is 2.84. The van der Waals surface area contributed by atoms with Crippen molar-refractivity contribution in [1.29, 1.82) is 0 Å². The summed E-state index contributed by atoms with van der Waals surface area (Å²) in [5.74, 6) is -0.141. The third-order valence-corrected chi connectivity index (χ3v) is 1.85. The van der Waals surface area contributed by atoms with Crippen LogP contribution < -0.4 is 5.73 Å². The second kappa shape index (κ2) is 3.83. The van der Waals surface area contributed by atoms with Gasteiger partial charge in [0.25, 0.3) is 5.91 Å². The average Bonchev–Trinajstić information content (AvgIpc) is 2.30. The van der Waals surface area contributed by atoms with Crippen LogP contribution in [0.1, 0.15) is 10.4 Å². The Labute approximate surface area is 86.0 Å². The SMILES string of the molecule is NC(=O)c1cccnc1-c1ncccn1. The maximum absolute atomic E-state index is 11.1. The molecule has 1 amide bonds. The van der Waals surface area contributed by atoms with Crippen LogP contribution in [0.3, 0.4) is 0 Å². The van der Waals surface area contributed by atoms with Crippen molar-refractivity contribution in [2.24, 2.45) is 5.73 Å². The van der Waals surface area contributed by atoms with E-state index in [9.17, 15) is 4.79 Å². The second-order valence-electron chi connectivity index (χ2n) is 2.84. The number of rotatable bonds is 2. The van der Waals surface area contributed by atoms with E-state index in [0.29, 0.717) is 17.1 Å². The summed E-state index contributed by atoms with van der Waals surface area (Å²) < 4.78 is 0. The molecule has 2 aromatic heterocycles. The Morgan fingerprint density at radius 3 is 2.40 bits per heavy atom. The minimum Gasteiger partial charge on any atom is -0.366 e. The lowest BCUT2D eigenvalue weighted by Gasteiger charge is -2.02. The highest BCUT2D eigenvalue weighted by Gasteiger charge is 2.11. The highest BCUT2D eigenvalue weighted by molar-refractivity contribution is 5.97. The van der Waals surface area contributed by atoms with Gasteiger partial charge in [0.05, 0.1) is 5.56 Å². The van der Waals surface area contributed by atoms with Crippen molar-refractivity contribution in [3.8, 4) is 11.5 Å². The largest absolute Gasteiger partial charge is 0.366 e. The minimum absolute atomic E-state index is 0.323. The summed E-state index contributed by atoms with van der Waals surface area (Å²) in [6.07, 6.45) is 4.74. The number of pyridine rings is 1. The molecule has 74 valence electrons. The summed E-state index contributed by atoms with van der Waals surface area (Å²) in [7, 11) is 0. The zero-order valence-electron chi connectivity index (χ0n) is 7.79. The molecule has 5 heteroatoms. The summed E-state index contributed by atoms with van der Waals surface area (Å²) in [5, 5.41) is 0. The van der Waals surface area contributed by atoms with Crippen molar-refractivity contribution in [3.05, 3.63) is 42.4 Å². The normalized spacial score (nSPS) is 9.87. The fraction of sp³-hybridized carbons (Fsp3) is 0. The first-order valence-electron chi connectivity index (χ1n) is 4.31. The van der Waals surface area contributed by atoms with Crippen molar-refractivity contribution in [2.45, 2.75) is 0 Å². The van der Waals surface area contributed by atoms with Crippen molar-refractivity contribution >= 4 is 5.91 Å². The van der Waals surface area contributed by atoms with Crippen LogP contribution >= 0.6 is 0 Å². The van der Waals surface area contributed by atoms with E-state index in [0.717, 1.165) is 0 Å². The number of amides is 1. The summed E-state index contributed by atoms with van der Waals surface area (Å²) >= 11 is 0. The Morgan fingerprint density at radius 1 is 1.07 bits per heavy atom. The lowest BCUT2D eigenvalue weighted by molar-refractivity contribution is 0.100. The highest BCUT2D eigenvalue weighted by Crippen LogP contribution is 2.15. The molecule has 2 aromatic rings. The Morgan fingerprint density at radius 2 is 1.73 bits per heavy atom. The van der Waals surface area contributed by atoms with Crippen molar-refractivity contribution < 1.29 is 4.79 Å². The minimum atomic E-state index is -0.537. The molecule has 0 aliphatic heterocycles. The van der Waals surface area contributed by atoms with Crippen LogP contribution in [0.2, 0.25) is 0 Å². The molecule has 0 aliphatic carbocycles. The fourth-order valence-electron chi connectivity index (χ4n) is 1.20. The van der Waals surface area contributed by atoms with Gasteiger partial charge in [-0.25, -0.2) is 9.97 Å². The molecular weight excluding hydrogens is 192 g/mol. The summed E-state index contributed by atoms with van der Waals surface area (Å²) in [5.41, 5.74) is 5.95. The smallest absolute Gasteiger partial charge is 0.251 e. The van der Waals surface area contributed by atoms with E-state index in [2.05, 4.69) is 15.0 Å². The van der Waals surface area contributed by atoms with Crippen LogP contribution in [0.15, 0.2) is 36.8 Å². The standard InChI is InChI=1S/C10H8N4O/c11-9(15)7-3-1-4-12-8(7)10-13-5-2-6-14-10/h1-6H,(H2,11,15). The predicted molar refractivity (Wildman–Crippen MR) is 53.8 cm³/mol. The summed E-state index contributed by atoms with van der Waals surface area (Å²) in [4.78, 5) is 23.2. The van der Waals surface area contributed by atoms with Crippen molar-refractivity contribution in [3.63, 3.8) is 0 Å². The molecule has 0 aromatic carbocycles. The third kappa shape index (κ3) is 1.80. The Balaban J connectivity index is 2.58. The Kier molecular flexibility index (Phi) is 2.37. The lowest BCUT2D eigenvalue weighted by atomic mass is 10.2. The van der Waals surface area contributed by atoms with Gasteiger partial charge in [-0.15, -0.1) is 0 Å². The van der Waals surface area contributed by atoms with Gasteiger partial charge in [-0.05, 0) is 18.2 Å². The maximum Gasteiger partial charge on any atom is 0.251 e. The number of carbonyl (C=O) groups is 1. The first kappa shape index (κ1) is 9.26. The molecule has 0 bridgehead atoms. The van der Waals surface area contributed by atoms with Crippen molar-refractivity contribution in [1.82, 2.24) is 15.0 Å². The molecule has 0 radical (unpaired) electrons. The van der Waals surface area contributed by atoms with E-state index in [1.165, 1.54) is 0 Å². The third-order valence-electron chi connectivity index (χ3n) is 1.85. The molecule has 0 spiro atoms. The first-order valence-corrected chi connectivity index (χ1v) is 4.31. The summed E-state index contributed by atoms with van der Waals surface area (Å²) in [6, 6.07) is 4.93. The molecule has 2 N–H and O–H groups in total. The van der Waals surface area contributed by atoms with E-state index in [1.807, 2.05) is 0 Å². The number of carbonyl (C=O) groups excluding carboxylic acids is 1. The van der Waals surface area contributed by atoms with Gasteiger partial charge in [-0.3, -0.25) is 9.78 Å². The van der Waals surface area contributed by atoms with Gasteiger partial charge >= 0.3 is 0 Å². The van der Waals surface area contributed by atoms with Gasteiger partial charge in [0.1, 0.15) is 5.69 Å². The molecule has 5 nitrogen and oxygen atoms in total. The van der Waals surface area contributed by atoms with Crippen LogP contribution in [0.4, 0.5) is 0 Å². The van der Waals surface area contributed by atoms with Crippen LogP contribution in [0.25, 0.3) is 11.5 Å². The monoisotopic (exact) mass is 200 g/mol. The highest BCUT2D eigenvalue weighted by atomic mass is 16.1. The number of hydrogen-bond donors (Lipinski definition) is 1. The van der Waals surface area contributed by atoms with Crippen LogP contribution in [0, 0.1) is 0 Å². The van der Waals surface area contributed by atoms with Gasteiger partial charge in [-0.2, -0.15) is 0 Å². The maximum atomic E-state index is 11.1. The molecule has 0 aliphatic rings. The van der Waals surface area contributed by atoms with E-state index >= 15 is 0 Å². The van der Waals surface area contributed by atoms with Gasteiger partial charge in [0, 0.05) is 18.6 Å². The van der Waals surface area contributed by atoms with Crippen LogP contribution in [-0.2, 0) is 0 Å². The van der Waals surface area contributed by atoms with E-state index in [1.54, 1.807) is 36.8 Å². The van der Waals surface area contributed by atoms with Gasteiger partial charge in [0.15, 0.2) is 5.82 Å². The van der Waals surface area contributed by atoms with E-state index in [4.69, 9.17) is 5.73 Å². The Bertz CT molecular complexity index is 484. The molecule has 0 atom stereocenters. The number of nitrogens with two attached hydrogens (primary N) is 1. The number of nitrogens with zero attached hydrogens (tertiary/aromatic N) is 3. The molecular formula is C10H8N4O. The number of hydrogen-bond acceptors (Lipinski definition) is 4. The zero-order valence-corrected chi connectivity index (χ0v) is 7.79. The Hall–Kier alpha value is -2.30. The predicted octanol–water partition coefficient (Wildman–Crippen LogP) is 0.637. The zero-order chi connectivity index (χ0) is 10.7. The summed E-state index contributed by atoms with van der Waals surface area (Å²) in [6.45, 7) is 0. The molecule has 0 saturated carbocycles. The van der Waals surface area contributed by atoms with E-state index in [-0.39, 0.29) is 0 Å². The average molecular weight is 200 g/mol. The first-order chi connectivity index (χ1) is 7.29. The molecule has 2 rings (SSSR count). The number of aromatic nitrogens is 3.